The molecular weight excluding hydrogens is 326 g/mol. The van der Waals surface area contributed by atoms with Crippen molar-refractivity contribution in [3.8, 4) is 6.07 Å². The molecule has 2 aromatic heterocycles. The predicted octanol–water partition coefficient (Wildman–Crippen LogP) is 4.91. The van der Waals surface area contributed by atoms with E-state index in [0.29, 0.717) is 11.6 Å². The van der Waals surface area contributed by atoms with Gasteiger partial charge in [-0.3, -0.25) is 5.10 Å². The summed E-state index contributed by atoms with van der Waals surface area (Å²) in [5, 5.41) is 18.0. The van der Waals surface area contributed by atoms with Gasteiger partial charge in [-0.25, -0.2) is 4.98 Å². The second-order valence-corrected chi connectivity index (χ2v) is 7.08. The maximum absolute atomic E-state index is 9.02. The van der Waals surface area contributed by atoms with Gasteiger partial charge in [-0.05, 0) is 36.9 Å². The van der Waals surface area contributed by atoms with E-state index in [1.807, 2.05) is 38.2 Å². The number of aromatic nitrogens is 3. The number of hydrogen-bond acceptors (Lipinski definition) is 6. The van der Waals surface area contributed by atoms with Crippen molar-refractivity contribution in [2.45, 2.75) is 36.8 Å². The van der Waals surface area contributed by atoms with Gasteiger partial charge in [-0.2, -0.15) is 10.4 Å². The van der Waals surface area contributed by atoms with E-state index in [4.69, 9.17) is 5.26 Å². The highest BCUT2D eigenvalue weighted by molar-refractivity contribution is 8.02. The maximum atomic E-state index is 9.02. The van der Waals surface area contributed by atoms with E-state index in [9.17, 15) is 0 Å². The van der Waals surface area contributed by atoms with Gasteiger partial charge in [0.1, 0.15) is 10.3 Å². The van der Waals surface area contributed by atoms with E-state index in [2.05, 4.69) is 26.0 Å². The molecule has 4 rings (SSSR count). The Morgan fingerprint density at radius 3 is 2.96 bits per heavy atom. The third kappa shape index (κ3) is 3.33. The van der Waals surface area contributed by atoms with Crippen LogP contribution in [0, 0.1) is 11.3 Å². The molecule has 1 aliphatic rings. The van der Waals surface area contributed by atoms with Crippen LogP contribution in [0.15, 0.2) is 28.6 Å². The quantitative estimate of drug-likeness (QED) is 0.658. The molecule has 5 nitrogen and oxygen atoms in total. The van der Waals surface area contributed by atoms with E-state index < -0.39 is 0 Å². The molecule has 0 radical (unpaired) electrons. The lowest BCUT2D eigenvalue weighted by Crippen LogP contribution is -1.86. The van der Waals surface area contributed by atoms with Crippen molar-refractivity contribution in [1.82, 2.24) is 15.2 Å². The Labute approximate surface area is 143 Å². The van der Waals surface area contributed by atoms with Gasteiger partial charge in [-0.1, -0.05) is 19.9 Å². The van der Waals surface area contributed by atoms with Crippen molar-refractivity contribution in [3.05, 3.63) is 35.1 Å². The molecule has 0 amide bonds. The molecular formula is C16H17N5S2. The van der Waals surface area contributed by atoms with Crippen LogP contribution in [0.25, 0.3) is 10.9 Å². The number of para-hydroxylation sites is 1. The Kier molecular flexibility index (Phi) is 4.84. The zero-order valence-corrected chi connectivity index (χ0v) is 14.6. The largest absolute Gasteiger partial charge is 0.323 e. The summed E-state index contributed by atoms with van der Waals surface area (Å²) in [5.74, 6) is 0.693. The number of nitriles is 1. The number of rotatable bonds is 4. The SMILES string of the molecule is CC.N#Cc1n[nH]c2c(NSc3cnc(C4CC4)s3)cccc12. The van der Waals surface area contributed by atoms with Crippen LogP contribution in [-0.4, -0.2) is 15.2 Å². The van der Waals surface area contributed by atoms with Crippen molar-refractivity contribution in [2.75, 3.05) is 4.72 Å². The Morgan fingerprint density at radius 1 is 1.39 bits per heavy atom. The van der Waals surface area contributed by atoms with Gasteiger partial charge in [0.15, 0.2) is 5.69 Å². The molecule has 1 aliphatic carbocycles. The van der Waals surface area contributed by atoms with Gasteiger partial charge in [0.2, 0.25) is 0 Å². The van der Waals surface area contributed by atoms with Crippen molar-refractivity contribution in [2.24, 2.45) is 0 Å². The number of benzene rings is 1. The molecule has 0 bridgehead atoms. The van der Waals surface area contributed by atoms with Crippen LogP contribution in [0.2, 0.25) is 0 Å². The summed E-state index contributed by atoms with van der Waals surface area (Å²) in [6.45, 7) is 4.00. The second-order valence-electron chi connectivity index (χ2n) is 4.91. The van der Waals surface area contributed by atoms with Crippen LogP contribution in [0.5, 0.6) is 0 Å². The minimum atomic E-state index is 0.424. The first-order valence-corrected chi connectivity index (χ1v) is 9.24. The number of anilines is 1. The summed E-state index contributed by atoms with van der Waals surface area (Å²) in [7, 11) is 0. The van der Waals surface area contributed by atoms with Gasteiger partial charge in [0.05, 0.1) is 22.4 Å². The Morgan fingerprint density at radius 2 is 2.22 bits per heavy atom. The van der Waals surface area contributed by atoms with Gasteiger partial charge >= 0.3 is 0 Å². The molecule has 3 aromatic rings. The van der Waals surface area contributed by atoms with Gasteiger partial charge in [0.25, 0.3) is 0 Å². The molecule has 118 valence electrons. The fourth-order valence-electron chi connectivity index (χ4n) is 2.16. The summed E-state index contributed by atoms with van der Waals surface area (Å²) in [5.41, 5.74) is 2.20. The van der Waals surface area contributed by atoms with Crippen LogP contribution >= 0.6 is 23.3 Å². The number of aromatic amines is 1. The molecule has 2 N–H and O–H groups in total. The molecule has 0 aliphatic heterocycles. The first-order valence-electron chi connectivity index (χ1n) is 7.61. The Balaban J connectivity index is 0.000000753. The van der Waals surface area contributed by atoms with Crippen molar-refractivity contribution < 1.29 is 0 Å². The number of nitrogens with zero attached hydrogens (tertiary/aromatic N) is 3. The lowest BCUT2D eigenvalue weighted by atomic mass is 10.2. The minimum absolute atomic E-state index is 0.424. The van der Waals surface area contributed by atoms with Gasteiger partial charge < -0.3 is 4.72 Å². The molecule has 2 heterocycles. The number of nitrogens with one attached hydrogen (secondary N) is 2. The summed E-state index contributed by atoms with van der Waals surface area (Å²) < 4.78 is 4.47. The monoisotopic (exact) mass is 343 g/mol. The van der Waals surface area contributed by atoms with Gasteiger partial charge in [-0.15, -0.1) is 11.3 Å². The molecule has 1 fully saturated rings. The topological polar surface area (TPSA) is 77.4 Å². The van der Waals surface area contributed by atoms with E-state index in [1.165, 1.54) is 17.8 Å². The highest BCUT2D eigenvalue weighted by Gasteiger charge is 2.26. The van der Waals surface area contributed by atoms with E-state index in [1.54, 1.807) is 23.3 Å². The molecule has 0 atom stereocenters. The number of fused-ring (bicyclic) bond motifs is 1. The van der Waals surface area contributed by atoms with Crippen molar-refractivity contribution in [3.63, 3.8) is 0 Å². The molecule has 23 heavy (non-hydrogen) atoms. The first kappa shape index (κ1) is 15.8. The predicted molar refractivity (Wildman–Crippen MR) is 95.7 cm³/mol. The highest BCUT2D eigenvalue weighted by Crippen LogP contribution is 2.43. The van der Waals surface area contributed by atoms with Crippen LogP contribution in [-0.2, 0) is 0 Å². The van der Waals surface area contributed by atoms with Crippen molar-refractivity contribution >= 4 is 39.9 Å². The fourth-order valence-corrected chi connectivity index (χ4v) is 4.01. The standard InChI is InChI=1S/C14H11N5S2.C2H6/c15-6-11-9-2-1-3-10(13(9)18-17-11)19-21-12-7-16-14(20-12)8-4-5-8;1-2/h1-3,7-8,19H,4-5H2,(H,17,18);1-2H3. The molecule has 0 spiro atoms. The van der Waals surface area contributed by atoms with Crippen LogP contribution in [0.1, 0.15) is 43.3 Å². The Hall–Kier alpha value is -2.04. The lowest BCUT2D eigenvalue weighted by Gasteiger charge is -2.04. The molecule has 1 aromatic carbocycles. The highest BCUT2D eigenvalue weighted by atomic mass is 32.2. The summed E-state index contributed by atoms with van der Waals surface area (Å²) in [6, 6.07) is 7.87. The van der Waals surface area contributed by atoms with E-state index >= 15 is 0 Å². The molecule has 0 unspecified atom stereocenters. The van der Waals surface area contributed by atoms with Gasteiger partial charge in [0, 0.05) is 11.3 Å². The summed E-state index contributed by atoms with van der Waals surface area (Å²) >= 11 is 3.30. The van der Waals surface area contributed by atoms with Crippen LogP contribution in [0.4, 0.5) is 5.69 Å². The average Bonchev–Trinajstić information content (AvgIpc) is 3.20. The summed E-state index contributed by atoms with van der Waals surface area (Å²) in [4.78, 5) is 4.46. The van der Waals surface area contributed by atoms with Crippen LogP contribution < -0.4 is 4.72 Å². The molecule has 0 saturated heterocycles. The zero-order chi connectivity index (χ0) is 16.2. The van der Waals surface area contributed by atoms with E-state index in [0.717, 1.165) is 20.8 Å². The normalized spacial score (nSPS) is 13.3. The zero-order valence-electron chi connectivity index (χ0n) is 13.0. The summed E-state index contributed by atoms with van der Waals surface area (Å²) in [6.07, 6.45) is 4.47. The number of H-pyrrole nitrogens is 1. The fraction of sp³-hybridized carbons (Fsp3) is 0.312. The van der Waals surface area contributed by atoms with E-state index in [-0.39, 0.29) is 0 Å². The van der Waals surface area contributed by atoms with Crippen LogP contribution in [0.3, 0.4) is 0 Å². The molecule has 1 saturated carbocycles. The lowest BCUT2D eigenvalue weighted by molar-refractivity contribution is 1.08. The minimum Gasteiger partial charge on any atom is -0.323 e. The first-order chi connectivity index (χ1) is 11.3. The average molecular weight is 343 g/mol. The number of hydrogen-bond donors (Lipinski definition) is 2. The smallest absolute Gasteiger partial charge is 0.170 e. The Bertz CT molecular complexity index is 842. The third-order valence-corrected chi connectivity index (χ3v) is 5.48. The third-order valence-electron chi connectivity index (χ3n) is 3.40. The maximum Gasteiger partial charge on any atom is 0.170 e. The molecule has 7 heteroatoms. The second kappa shape index (κ2) is 7.02. The van der Waals surface area contributed by atoms with Crippen molar-refractivity contribution in [1.29, 1.82) is 5.26 Å². The number of thiazole rings is 1.